The molecule has 0 aromatic carbocycles. The monoisotopic (exact) mass is 202 g/mol. The van der Waals surface area contributed by atoms with Crippen LogP contribution in [-0.2, 0) is 9.47 Å². The normalized spacial score (nSPS) is 12.2. The van der Waals surface area contributed by atoms with Crippen molar-refractivity contribution in [1.82, 2.24) is 5.43 Å². The standard InChI is InChI=1S/C9H18N2O3/c1-6-13-7(2)10-11-8(12)14-9(3,4)5/h6H2,1-5H3,(H,11,12)/b10-7+. The largest absolute Gasteiger partial charge is 0.480 e. The third kappa shape index (κ3) is 7.39. The topological polar surface area (TPSA) is 59.9 Å². The van der Waals surface area contributed by atoms with Crippen molar-refractivity contribution < 1.29 is 14.3 Å². The Morgan fingerprint density at radius 2 is 2.00 bits per heavy atom. The second-order valence-corrected chi connectivity index (χ2v) is 3.68. The minimum absolute atomic E-state index is 0.401. The number of carbonyl (C=O) groups is 1. The van der Waals surface area contributed by atoms with Gasteiger partial charge in [-0.1, -0.05) is 0 Å². The fraction of sp³-hybridized carbons (Fsp3) is 0.778. The summed E-state index contributed by atoms with van der Waals surface area (Å²) in [5.74, 6) is 0.401. The maximum Gasteiger partial charge on any atom is 0.428 e. The maximum atomic E-state index is 11.1. The number of amides is 1. The molecule has 0 fully saturated rings. The van der Waals surface area contributed by atoms with Crippen molar-refractivity contribution in [3.63, 3.8) is 0 Å². The van der Waals surface area contributed by atoms with E-state index in [2.05, 4.69) is 10.5 Å². The van der Waals surface area contributed by atoms with E-state index < -0.39 is 11.7 Å². The second-order valence-electron chi connectivity index (χ2n) is 3.68. The number of hydrazone groups is 1. The molecule has 5 nitrogen and oxygen atoms in total. The molecule has 0 aliphatic carbocycles. The number of carbonyl (C=O) groups excluding carboxylic acids is 1. The Labute approximate surface area is 84.5 Å². The molecule has 0 heterocycles. The highest BCUT2D eigenvalue weighted by atomic mass is 16.6. The molecule has 0 aromatic rings. The molecule has 0 spiro atoms. The van der Waals surface area contributed by atoms with Gasteiger partial charge in [0.05, 0.1) is 6.61 Å². The average Bonchev–Trinajstić information content (AvgIpc) is 1.98. The minimum Gasteiger partial charge on any atom is -0.480 e. The van der Waals surface area contributed by atoms with Crippen molar-refractivity contribution in [3.8, 4) is 0 Å². The molecule has 82 valence electrons. The summed E-state index contributed by atoms with van der Waals surface area (Å²) >= 11 is 0. The third-order valence-electron chi connectivity index (χ3n) is 1.06. The molecule has 1 N–H and O–H groups in total. The highest BCUT2D eigenvalue weighted by molar-refractivity contribution is 5.75. The van der Waals surface area contributed by atoms with Crippen LogP contribution >= 0.6 is 0 Å². The molecule has 0 rings (SSSR count). The highest BCUT2D eigenvalue weighted by Crippen LogP contribution is 2.06. The SMILES string of the molecule is CCO/C(C)=N/NC(=O)OC(C)(C)C. The Morgan fingerprint density at radius 3 is 2.43 bits per heavy atom. The van der Waals surface area contributed by atoms with Crippen LogP contribution in [0.4, 0.5) is 4.79 Å². The molecule has 0 atom stereocenters. The predicted octanol–water partition coefficient (Wildman–Crippen LogP) is 1.88. The summed E-state index contributed by atoms with van der Waals surface area (Å²) in [6.45, 7) is 9.36. The molecular formula is C9H18N2O3. The van der Waals surface area contributed by atoms with E-state index in [1.54, 1.807) is 27.7 Å². The van der Waals surface area contributed by atoms with Gasteiger partial charge in [-0.15, -0.1) is 5.10 Å². The summed E-state index contributed by atoms with van der Waals surface area (Å²) in [4.78, 5) is 11.1. The molecule has 0 aliphatic rings. The van der Waals surface area contributed by atoms with E-state index >= 15 is 0 Å². The van der Waals surface area contributed by atoms with Crippen molar-refractivity contribution in [2.75, 3.05) is 6.61 Å². The Morgan fingerprint density at radius 1 is 1.43 bits per heavy atom. The van der Waals surface area contributed by atoms with Gasteiger partial charge in [-0.25, -0.2) is 10.2 Å². The first-order chi connectivity index (χ1) is 6.35. The van der Waals surface area contributed by atoms with E-state index in [4.69, 9.17) is 9.47 Å². The lowest BCUT2D eigenvalue weighted by atomic mass is 10.2. The fourth-order valence-electron chi connectivity index (χ4n) is 0.666. The van der Waals surface area contributed by atoms with Crippen LogP contribution in [0, 0.1) is 0 Å². The summed E-state index contributed by atoms with van der Waals surface area (Å²) < 4.78 is 9.96. The number of rotatable bonds is 2. The van der Waals surface area contributed by atoms with Gasteiger partial charge in [0.2, 0.25) is 5.90 Å². The number of ether oxygens (including phenoxy) is 2. The Balaban J connectivity index is 3.90. The van der Waals surface area contributed by atoms with Gasteiger partial charge in [0.15, 0.2) is 0 Å². The zero-order valence-corrected chi connectivity index (χ0v) is 9.38. The minimum atomic E-state index is -0.587. The number of hydrogen-bond acceptors (Lipinski definition) is 4. The van der Waals surface area contributed by atoms with Crippen molar-refractivity contribution in [1.29, 1.82) is 0 Å². The molecule has 14 heavy (non-hydrogen) atoms. The Hall–Kier alpha value is -1.26. The molecule has 0 bridgehead atoms. The lowest BCUT2D eigenvalue weighted by Crippen LogP contribution is -2.30. The van der Waals surface area contributed by atoms with E-state index in [1.807, 2.05) is 6.92 Å². The van der Waals surface area contributed by atoms with Crippen LogP contribution < -0.4 is 5.43 Å². The fourth-order valence-corrected chi connectivity index (χ4v) is 0.666. The first kappa shape index (κ1) is 12.7. The van der Waals surface area contributed by atoms with Crippen molar-refractivity contribution in [3.05, 3.63) is 0 Å². The zero-order chi connectivity index (χ0) is 11.2. The van der Waals surface area contributed by atoms with E-state index in [-0.39, 0.29) is 0 Å². The molecule has 0 aliphatic heterocycles. The Bertz CT molecular complexity index is 219. The quantitative estimate of drug-likeness (QED) is 0.422. The molecule has 0 saturated carbocycles. The Kier molecular flexibility index (Phi) is 4.97. The summed E-state index contributed by atoms with van der Waals surface area (Å²) in [6, 6.07) is 0. The number of nitrogens with one attached hydrogen (secondary N) is 1. The number of nitrogens with zero attached hydrogens (tertiary/aromatic N) is 1. The predicted molar refractivity (Wildman–Crippen MR) is 54.1 cm³/mol. The summed E-state index contributed by atoms with van der Waals surface area (Å²) in [6.07, 6.45) is -0.587. The van der Waals surface area contributed by atoms with Gasteiger partial charge >= 0.3 is 6.09 Å². The van der Waals surface area contributed by atoms with Crippen LogP contribution in [0.3, 0.4) is 0 Å². The third-order valence-corrected chi connectivity index (χ3v) is 1.06. The van der Waals surface area contributed by atoms with E-state index in [9.17, 15) is 4.79 Å². The molecular weight excluding hydrogens is 184 g/mol. The van der Waals surface area contributed by atoms with Crippen LogP contribution in [0.2, 0.25) is 0 Å². The van der Waals surface area contributed by atoms with Crippen molar-refractivity contribution in [2.45, 2.75) is 40.2 Å². The summed E-state index contributed by atoms with van der Waals surface area (Å²) in [7, 11) is 0. The van der Waals surface area contributed by atoms with Gasteiger partial charge in [-0.2, -0.15) is 0 Å². The van der Waals surface area contributed by atoms with Crippen molar-refractivity contribution >= 4 is 12.0 Å². The van der Waals surface area contributed by atoms with Gasteiger partial charge < -0.3 is 9.47 Å². The molecule has 5 heteroatoms. The molecule has 0 radical (unpaired) electrons. The lowest BCUT2D eigenvalue weighted by Gasteiger charge is -2.18. The van der Waals surface area contributed by atoms with Crippen LogP contribution in [0.1, 0.15) is 34.6 Å². The molecule has 0 unspecified atom stereocenters. The van der Waals surface area contributed by atoms with Gasteiger partial charge in [-0.05, 0) is 27.7 Å². The van der Waals surface area contributed by atoms with Gasteiger partial charge in [0.1, 0.15) is 5.60 Å². The van der Waals surface area contributed by atoms with E-state index in [0.29, 0.717) is 12.5 Å². The maximum absolute atomic E-state index is 11.1. The van der Waals surface area contributed by atoms with Crippen molar-refractivity contribution in [2.24, 2.45) is 5.10 Å². The smallest absolute Gasteiger partial charge is 0.428 e. The summed E-state index contributed by atoms with van der Waals surface area (Å²) in [5.41, 5.74) is 1.71. The first-order valence-electron chi connectivity index (χ1n) is 4.51. The lowest BCUT2D eigenvalue weighted by molar-refractivity contribution is 0.0527. The van der Waals surface area contributed by atoms with Gasteiger partial charge in [0.25, 0.3) is 0 Å². The second kappa shape index (κ2) is 5.47. The molecule has 0 saturated heterocycles. The van der Waals surface area contributed by atoms with Gasteiger partial charge in [-0.3, -0.25) is 0 Å². The van der Waals surface area contributed by atoms with Crippen LogP contribution in [-0.4, -0.2) is 24.2 Å². The molecule has 0 aromatic heterocycles. The molecule has 1 amide bonds. The first-order valence-corrected chi connectivity index (χ1v) is 4.51. The van der Waals surface area contributed by atoms with Crippen LogP contribution in [0.25, 0.3) is 0 Å². The average molecular weight is 202 g/mol. The van der Waals surface area contributed by atoms with Crippen LogP contribution in [0.5, 0.6) is 0 Å². The van der Waals surface area contributed by atoms with Gasteiger partial charge in [0, 0.05) is 6.92 Å². The summed E-state index contributed by atoms with van der Waals surface area (Å²) in [5, 5.41) is 3.67. The van der Waals surface area contributed by atoms with Crippen LogP contribution in [0.15, 0.2) is 5.10 Å². The van der Waals surface area contributed by atoms with E-state index in [1.165, 1.54) is 0 Å². The van der Waals surface area contributed by atoms with E-state index in [0.717, 1.165) is 0 Å². The number of hydrogen-bond donors (Lipinski definition) is 1. The highest BCUT2D eigenvalue weighted by Gasteiger charge is 2.15. The zero-order valence-electron chi connectivity index (χ0n) is 9.38.